The zero-order valence-electron chi connectivity index (χ0n) is 18.9. The lowest BCUT2D eigenvalue weighted by molar-refractivity contribution is -0.115. The number of nitrogen functional groups attached to an aromatic ring is 1. The van der Waals surface area contributed by atoms with Gasteiger partial charge in [0.15, 0.2) is 0 Å². The van der Waals surface area contributed by atoms with Gasteiger partial charge in [0.05, 0.1) is 22.8 Å². The lowest BCUT2D eigenvalue weighted by atomic mass is 10.1. The summed E-state index contributed by atoms with van der Waals surface area (Å²) in [5.41, 5.74) is 3.43. The molecule has 1 amide bonds. The number of H-pyrrole nitrogens is 1. The molecule has 6 rings (SSSR count). The van der Waals surface area contributed by atoms with Crippen molar-refractivity contribution >= 4 is 52.4 Å². The first-order valence-electron chi connectivity index (χ1n) is 11.0. The number of aromatic amines is 1. The Morgan fingerprint density at radius 1 is 1.03 bits per heavy atom. The number of nitrogens with zero attached hydrogens (tertiary/aromatic N) is 5. The highest BCUT2D eigenvalue weighted by atomic mass is 35.5. The number of rotatable bonds is 5. The number of anilines is 2. The number of carbonyl (C=O) groups excluding carboxylic acids is 1. The van der Waals surface area contributed by atoms with Gasteiger partial charge in [0, 0.05) is 20.4 Å². The Hall–Kier alpha value is -3.80. The first-order valence-corrected chi connectivity index (χ1v) is 13.2. The molecule has 8 nitrogen and oxygen atoms in total. The van der Waals surface area contributed by atoms with E-state index in [0.29, 0.717) is 27.4 Å². The summed E-state index contributed by atoms with van der Waals surface area (Å²) in [5, 5.41) is 16.4. The molecule has 0 saturated heterocycles. The Morgan fingerprint density at radius 3 is 2.65 bits per heavy atom. The number of benzene rings is 3. The van der Waals surface area contributed by atoms with Crippen LogP contribution in [0.5, 0.6) is 0 Å². The molecule has 2 aromatic heterocycles. The van der Waals surface area contributed by atoms with Gasteiger partial charge in [-0.25, -0.2) is 9.07 Å². The summed E-state index contributed by atoms with van der Waals surface area (Å²) < 4.78 is 14.5. The number of nitrogens with one attached hydrogen (secondary N) is 1. The van der Waals surface area contributed by atoms with E-state index in [1.807, 2.05) is 36.4 Å². The summed E-state index contributed by atoms with van der Waals surface area (Å²) in [6, 6.07) is 21.0. The Labute approximate surface area is 224 Å². The van der Waals surface area contributed by atoms with Gasteiger partial charge in [0.1, 0.15) is 11.5 Å². The molecule has 3 N–H and O–H groups in total. The van der Waals surface area contributed by atoms with Gasteiger partial charge in [0.25, 0.3) is 0 Å². The van der Waals surface area contributed by atoms with Gasteiger partial charge in [-0.15, -0.1) is 10.2 Å². The molecule has 0 radical (unpaired) electrons. The van der Waals surface area contributed by atoms with E-state index in [9.17, 15) is 9.18 Å². The van der Waals surface area contributed by atoms with Crippen molar-refractivity contribution in [2.24, 2.45) is 0 Å². The average Bonchev–Trinajstić information content (AvgIpc) is 3.53. The summed E-state index contributed by atoms with van der Waals surface area (Å²) >= 11 is 9.04. The third-order valence-electron chi connectivity index (χ3n) is 5.69. The fraction of sp³-hybridized carbons (Fsp3) is 0.0400. The molecule has 3 aromatic carbocycles. The number of para-hydroxylation sites is 1. The maximum Gasteiger partial charge on any atom is 0.242 e. The standard InChI is InChI=1S/C25H17ClFN7OS2/c26-15-7-10-22-20(11-15)33(19-3-1-2-4-21(19)37-22)23(35)13-36-25-32-31-24(34(25)28)18-12-17(29-30-18)14-5-8-16(27)9-6-14/h1-12H,13,28H2,(H,29,30). The van der Waals surface area contributed by atoms with Crippen LogP contribution in [0.25, 0.3) is 22.8 Å². The first-order chi connectivity index (χ1) is 18.0. The summed E-state index contributed by atoms with van der Waals surface area (Å²) in [5.74, 6) is 6.23. The van der Waals surface area contributed by atoms with E-state index >= 15 is 0 Å². The van der Waals surface area contributed by atoms with Crippen LogP contribution in [0, 0.1) is 5.82 Å². The Kier molecular flexibility index (Phi) is 6.11. The molecule has 37 heavy (non-hydrogen) atoms. The second kappa shape index (κ2) is 9.58. The molecule has 0 spiro atoms. The highest BCUT2D eigenvalue weighted by Gasteiger charge is 2.29. The molecule has 184 valence electrons. The van der Waals surface area contributed by atoms with Crippen LogP contribution in [0.4, 0.5) is 15.8 Å². The van der Waals surface area contributed by atoms with Gasteiger partial charge >= 0.3 is 0 Å². The number of halogens is 2. The molecule has 1 aliphatic rings. The molecule has 0 aliphatic carbocycles. The van der Waals surface area contributed by atoms with Gasteiger partial charge in [0.2, 0.25) is 16.9 Å². The van der Waals surface area contributed by atoms with Gasteiger partial charge in [-0.3, -0.25) is 14.8 Å². The fourth-order valence-corrected chi connectivity index (χ4v) is 5.86. The maximum atomic E-state index is 13.5. The van der Waals surface area contributed by atoms with Crippen molar-refractivity contribution in [2.45, 2.75) is 14.9 Å². The lowest BCUT2D eigenvalue weighted by Crippen LogP contribution is -2.30. The third-order valence-corrected chi connectivity index (χ3v) is 7.98. The molecular weight excluding hydrogens is 533 g/mol. The van der Waals surface area contributed by atoms with E-state index in [4.69, 9.17) is 17.4 Å². The summed E-state index contributed by atoms with van der Waals surface area (Å²) in [4.78, 5) is 17.1. The highest BCUT2D eigenvalue weighted by Crippen LogP contribution is 2.49. The third kappa shape index (κ3) is 4.45. The van der Waals surface area contributed by atoms with E-state index < -0.39 is 0 Å². The second-order valence-corrected chi connectivity index (χ2v) is 10.5. The number of amides is 1. The molecule has 0 atom stereocenters. The number of fused-ring (bicyclic) bond motifs is 2. The topological polar surface area (TPSA) is 106 Å². The Balaban J connectivity index is 1.23. The predicted octanol–water partition coefficient (Wildman–Crippen LogP) is 5.76. The van der Waals surface area contributed by atoms with Crippen LogP contribution in [0.1, 0.15) is 0 Å². The molecule has 0 fully saturated rings. The van der Waals surface area contributed by atoms with Gasteiger partial charge < -0.3 is 5.84 Å². The SMILES string of the molecule is Nn1c(SCC(=O)N2c3ccccc3Sc3ccc(Cl)cc32)nnc1-c1cc(-c2ccc(F)cc2)n[nH]1. The van der Waals surface area contributed by atoms with Crippen molar-refractivity contribution in [1.82, 2.24) is 25.1 Å². The predicted molar refractivity (Wildman–Crippen MR) is 143 cm³/mol. The van der Waals surface area contributed by atoms with E-state index in [1.165, 1.54) is 28.6 Å². The molecule has 1 aliphatic heterocycles. The van der Waals surface area contributed by atoms with Crippen LogP contribution in [0.2, 0.25) is 5.02 Å². The summed E-state index contributed by atoms with van der Waals surface area (Å²) in [6.45, 7) is 0. The number of nitrogens with two attached hydrogens (primary N) is 1. The van der Waals surface area contributed by atoms with Crippen molar-refractivity contribution < 1.29 is 9.18 Å². The zero-order valence-corrected chi connectivity index (χ0v) is 21.3. The number of aromatic nitrogens is 5. The van der Waals surface area contributed by atoms with Crippen LogP contribution < -0.4 is 10.7 Å². The number of carbonyl (C=O) groups is 1. The Bertz CT molecular complexity index is 1640. The molecule has 12 heteroatoms. The van der Waals surface area contributed by atoms with E-state index in [1.54, 1.807) is 40.9 Å². The number of hydrogen-bond acceptors (Lipinski definition) is 7. The molecule has 3 heterocycles. The van der Waals surface area contributed by atoms with E-state index in [0.717, 1.165) is 26.7 Å². The smallest absolute Gasteiger partial charge is 0.242 e. The van der Waals surface area contributed by atoms with Crippen molar-refractivity contribution in [2.75, 3.05) is 16.5 Å². The average molecular weight is 550 g/mol. The van der Waals surface area contributed by atoms with Crippen LogP contribution in [-0.2, 0) is 4.79 Å². The Morgan fingerprint density at radius 2 is 1.81 bits per heavy atom. The second-order valence-electron chi connectivity index (χ2n) is 8.05. The van der Waals surface area contributed by atoms with Crippen molar-refractivity contribution in [1.29, 1.82) is 0 Å². The van der Waals surface area contributed by atoms with Gasteiger partial charge in [-0.05, 0) is 60.7 Å². The van der Waals surface area contributed by atoms with E-state index in [2.05, 4.69) is 20.4 Å². The van der Waals surface area contributed by atoms with Crippen LogP contribution >= 0.6 is 35.1 Å². The largest absolute Gasteiger partial charge is 0.335 e. The number of thioether (sulfide) groups is 1. The van der Waals surface area contributed by atoms with Gasteiger partial charge in [-0.1, -0.05) is 47.3 Å². The molecule has 0 bridgehead atoms. The summed E-state index contributed by atoms with van der Waals surface area (Å²) in [6.07, 6.45) is 0. The lowest BCUT2D eigenvalue weighted by Gasteiger charge is -2.31. The first kappa shape index (κ1) is 23.6. The van der Waals surface area contributed by atoms with E-state index in [-0.39, 0.29) is 17.5 Å². The normalized spacial score (nSPS) is 12.3. The summed E-state index contributed by atoms with van der Waals surface area (Å²) in [7, 11) is 0. The quantitative estimate of drug-likeness (QED) is 0.212. The monoisotopic (exact) mass is 549 g/mol. The minimum Gasteiger partial charge on any atom is -0.335 e. The van der Waals surface area contributed by atoms with Crippen LogP contribution in [0.15, 0.2) is 87.7 Å². The number of hydrogen-bond donors (Lipinski definition) is 2. The maximum absolute atomic E-state index is 13.5. The fourth-order valence-electron chi connectivity index (χ4n) is 3.95. The van der Waals surface area contributed by atoms with Crippen molar-refractivity contribution in [3.8, 4) is 22.8 Å². The highest BCUT2D eigenvalue weighted by molar-refractivity contribution is 8.00. The van der Waals surface area contributed by atoms with Gasteiger partial charge in [-0.2, -0.15) is 5.10 Å². The van der Waals surface area contributed by atoms with Crippen molar-refractivity contribution in [3.63, 3.8) is 0 Å². The molecular formula is C25H17ClFN7OS2. The molecule has 0 unspecified atom stereocenters. The zero-order chi connectivity index (χ0) is 25.5. The molecule has 5 aromatic rings. The molecule has 0 saturated carbocycles. The minimum absolute atomic E-state index is 0.0735. The van der Waals surface area contributed by atoms with Crippen LogP contribution in [-0.4, -0.2) is 36.7 Å². The van der Waals surface area contributed by atoms with Crippen molar-refractivity contribution in [3.05, 3.63) is 83.6 Å². The minimum atomic E-state index is -0.323. The van der Waals surface area contributed by atoms with Crippen LogP contribution in [0.3, 0.4) is 0 Å².